The van der Waals surface area contributed by atoms with E-state index in [0.29, 0.717) is 29.0 Å². The van der Waals surface area contributed by atoms with Crippen LogP contribution in [0.3, 0.4) is 0 Å². The van der Waals surface area contributed by atoms with Crippen molar-refractivity contribution in [2.45, 2.75) is 12.2 Å². The molecule has 0 aliphatic carbocycles. The fraction of sp³-hybridized carbons (Fsp3) is 0.0714. The van der Waals surface area contributed by atoms with E-state index < -0.39 is 46.8 Å². The highest BCUT2D eigenvalue weighted by molar-refractivity contribution is 6.31. The van der Waals surface area contributed by atoms with Gasteiger partial charge in [-0.1, -0.05) is 11.6 Å². The highest BCUT2D eigenvalue weighted by Crippen LogP contribution is 2.42. The summed E-state index contributed by atoms with van der Waals surface area (Å²) in [6, 6.07) is 6.99. The zero-order valence-corrected chi connectivity index (χ0v) is 21.2. The van der Waals surface area contributed by atoms with Crippen molar-refractivity contribution in [3.05, 3.63) is 118 Å². The first-order valence-corrected chi connectivity index (χ1v) is 12.3. The monoisotopic (exact) mass is 583 g/mol. The molecule has 41 heavy (non-hydrogen) atoms. The normalized spacial score (nSPS) is 14.7. The molecule has 0 bridgehead atoms. The molecule has 206 valence electrons. The Morgan fingerprint density at radius 2 is 1.85 bits per heavy atom. The third kappa shape index (κ3) is 4.86. The Kier molecular flexibility index (Phi) is 6.22. The number of hydrogen-bond acceptors (Lipinski definition) is 4. The van der Waals surface area contributed by atoms with Crippen molar-refractivity contribution in [2.75, 3.05) is 5.32 Å². The molecule has 0 fully saturated rings. The smallest absolute Gasteiger partial charge is 0.341 e. The number of alkyl halides is 3. The van der Waals surface area contributed by atoms with E-state index in [1.165, 1.54) is 24.4 Å². The van der Waals surface area contributed by atoms with Crippen LogP contribution < -0.4 is 10.6 Å². The van der Waals surface area contributed by atoms with Crippen molar-refractivity contribution in [3.8, 4) is 11.3 Å². The van der Waals surface area contributed by atoms with Crippen LogP contribution in [-0.2, 0) is 6.18 Å². The van der Waals surface area contributed by atoms with Gasteiger partial charge in [-0.3, -0.25) is 14.6 Å². The number of anilines is 1. The molecule has 6 rings (SSSR count). The van der Waals surface area contributed by atoms with Gasteiger partial charge in [-0.25, -0.2) is 13.8 Å². The van der Waals surface area contributed by atoms with Gasteiger partial charge in [0.2, 0.25) is 0 Å². The van der Waals surface area contributed by atoms with Gasteiger partial charge in [0.05, 0.1) is 23.5 Å². The number of hydrogen-bond donors (Lipinski definition) is 2. The molecule has 1 unspecified atom stereocenters. The van der Waals surface area contributed by atoms with Crippen LogP contribution in [0.4, 0.5) is 27.6 Å². The van der Waals surface area contributed by atoms with Crippen molar-refractivity contribution in [1.29, 1.82) is 0 Å². The highest BCUT2D eigenvalue weighted by atomic mass is 35.5. The van der Waals surface area contributed by atoms with Crippen LogP contribution >= 0.6 is 11.6 Å². The summed E-state index contributed by atoms with van der Waals surface area (Å²) in [6.07, 6.45) is 1.46. The summed E-state index contributed by atoms with van der Waals surface area (Å²) < 4.78 is 69.8. The van der Waals surface area contributed by atoms with E-state index in [1.54, 1.807) is 23.0 Å². The third-order valence-corrected chi connectivity index (χ3v) is 6.90. The first-order valence-electron chi connectivity index (χ1n) is 11.9. The van der Waals surface area contributed by atoms with E-state index in [-0.39, 0.29) is 33.5 Å². The Labute approximate surface area is 232 Å². The lowest BCUT2D eigenvalue weighted by atomic mass is 9.93. The van der Waals surface area contributed by atoms with Gasteiger partial charge in [0, 0.05) is 57.1 Å². The number of rotatable bonds is 4. The Hall–Kier alpha value is -4.84. The minimum atomic E-state index is -4.90. The van der Waals surface area contributed by atoms with Crippen LogP contribution in [0.1, 0.15) is 43.4 Å². The van der Waals surface area contributed by atoms with Crippen LogP contribution in [0, 0.1) is 11.6 Å². The largest absolute Gasteiger partial charge is 0.416 e. The fourth-order valence-corrected chi connectivity index (χ4v) is 4.94. The van der Waals surface area contributed by atoms with E-state index in [0.717, 1.165) is 12.1 Å². The van der Waals surface area contributed by atoms with Gasteiger partial charge in [-0.15, -0.1) is 0 Å². The molecule has 1 aliphatic heterocycles. The molecule has 2 aromatic heterocycles. The molecule has 1 aliphatic rings. The van der Waals surface area contributed by atoms with E-state index in [9.17, 15) is 31.5 Å². The molecule has 1 atom stereocenters. The number of carbonyl (C=O) groups is 2. The minimum Gasteiger partial charge on any atom is -0.341 e. The van der Waals surface area contributed by atoms with Gasteiger partial charge < -0.3 is 15.0 Å². The Bertz CT molecular complexity index is 1860. The second-order valence-corrected chi connectivity index (χ2v) is 9.61. The molecule has 2 amide bonds. The number of benzene rings is 3. The number of carbonyl (C=O) groups excluding carboxylic acids is 2. The van der Waals surface area contributed by atoms with Crippen LogP contribution in [0.15, 0.2) is 73.3 Å². The van der Waals surface area contributed by atoms with Gasteiger partial charge in [0.1, 0.15) is 11.6 Å². The van der Waals surface area contributed by atoms with E-state index >= 15 is 0 Å². The molecular formula is C28H15ClF5N5O2. The number of imidazole rings is 1. The van der Waals surface area contributed by atoms with Crippen LogP contribution in [0.25, 0.3) is 16.9 Å². The molecule has 7 nitrogen and oxygen atoms in total. The maximum Gasteiger partial charge on any atom is 0.416 e. The number of amides is 2. The molecule has 5 aromatic rings. The maximum absolute atomic E-state index is 14.2. The summed E-state index contributed by atoms with van der Waals surface area (Å²) >= 11 is 6.32. The summed E-state index contributed by atoms with van der Waals surface area (Å²) in [5.41, 5.74) is -0.229. The van der Waals surface area contributed by atoms with Crippen LogP contribution in [-0.4, -0.2) is 26.2 Å². The molecule has 2 N–H and O–H groups in total. The number of fused-ring (bicyclic) bond motifs is 2. The first kappa shape index (κ1) is 26.4. The van der Waals surface area contributed by atoms with E-state index in [1.807, 2.05) is 0 Å². The van der Waals surface area contributed by atoms with Gasteiger partial charge >= 0.3 is 6.18 Å². The quantitative estimate of drug-likeness (QED) is 0.239. The summed E-state index contributed by atoms with van der Waals surface area (Å²) in [4.78, 5) is 34.8. The summed E-state index contributed by atoms with van der Waals surface area (Å²) in [5.74, 6) is -3.54. The molecular weight excluding hydrogens is 569 g/mol. The maximum atomic E-state index is 14.2. The van der Waals surface area contributed by atoms with Crippen LogP contribution in [0.2, 0.25) is 5.02 Å². The predicted octanol–water partition coefficient (Wildman–Crippen LogP) is 6.43. The summed E-state index contributed by atoms with van der Waals surface area (Å²) in [5, 5.41) is 5.35. The lowest BCUT2D eigenvalue weighted by Gasteiger charge is -2.19. The van der Waals surface area contributed by atoms with Crippen molar-refractivity contribution in [3.63, 3.8) is 0 Å². The SMILES string of the molecule is O=C(Nc1cc(-c2cn3ccncc3n2)cc2c1C(c1cc(F)ccc1Cl)NC2=O)c1cc(F)cc(C(F)(F)F)c1. The summed E-state index contributed by atoms with van der Waals surface area (Å²) in [6.45, 7) is 0. The van der Waals surface area contributed by atoms with E-state index in [4.69, 9.17) is 11.6 Å². The van der Waals surface area contributed by atoms with Gasteiger partial charge in [0.25, 0.3) is 11.8 Å². The number of nitrogens with one attached hydrogen (secondary N) is 2. The zero-order valence-electron chi connectivity index (χ0n) is 20.4. The van der Waals surface area contributed by atoms with Crippen molar-refractivity contribution < 1.29 is 31.5 Å². The summed E-state index contributed by atoms with van der Waals surface area (Å²) in [7, 11) is 0. The average Bonchev–Trinajstić information content (AvgIpc) is 3.50. The standard InChI is InChI=1S/C28H15ClF5N5O2/c29-20-2-1-16(30)10-18(20)25-24-19(27(41)38-25)7-13(22-12-39-4-3-35-11-23(39)36-22)8-21(24)37-26(40)14-5-15(28(32,33)34)9-17(31)6-14/h1-12,25H,(H,37,40)(H,38,41). The van der Waals surface area contributed by atoms with Gasteiger partial charge in [-0.05, 0) is 48.5 Å². The Morgan fingerprint density at radius 3 is 2.61 bits per heavy atom. The molecule has 3 aromatic carbocycles. The number of halogens is 6. The molecule has 0 saturated heterocycles. The average molecular weight is 584 g/mol. The van der Waals surface area contributed by atoms with Gasteiger partial charge in [-0.2, -0.15) is 13.2 Å². The Morgan fingerprint density at radius 1 is 1.05 bits per heavy atom. The number of nitrogens with zero attached hydrogens (tertiary/aromatic N) is 3. The topological polar surface area (TPSA) is 88.4 Å². The second-order valence-electron chi connectivity index (χ2n) is 9.21. The lowest BCUT2D eigenvalue weighted by Crippen LogP contribution is -2.21. The zero-order chi connectivity index (χ0) is 29.1. The number of aromatic nitrogens is 3. The highest BCUT2D eigenvalue weighted by Gasteiger charge is 2.36. The molecule has 0 spiro atoms. The molecule has 0 radical (unpaired) electrons. The first-order chi connectivity index (χ1) is 19.5. The lowest BCUT2D eigenvalue weighted by molar-refractivity contribution is -0.137. The molecule has 13 heteroatoms. The minimum absolute atomic E-state index is 0.000760. The second kappa shape index (κ2) is 9.66. The third-order valence-electron chi connectivity index (χ3n) is 6.55. The van der Waals surface area contributed by atoms with Crippen LogP contribution in [0.5, 0.6) is 0 Å². The Balaban J connectivity index is 1.51. The predicted molar refractivity (Wildman–Crippen MR) is 138 cm³/mol. The van der Waals surface area contributed by atoms with Crippen molar-refractivity contribution >= 4 is 34.7 Å². The molecule has 3 heterocycles. The van der Waals surface area contributed by atoms with E-state index in [2.05, 4.69) is 20.6 Å². The van der Waals surface area contributed by atoms with Crippen molar-refractivity contribution in [1.82, 2.24) is 19.7 Å². The molecule has 0 saturated carbocycles. The van der Waals surface area contributed by atoms with Crippen molar-refractivity contribution in [2.24, 2.45) is 0 Å². The van der Waals surface area contributed by atoms with Gasteiger partial charge in [0.15, 0.2) is 5.65 Å². The fourth-order valence-electron chi connectivity index (χ4n) is 4.71.